The minimum Gasteiger partial charge on any atom is -0.484 e. The topological polar surface area (TPSA) is 98.5 Å². The zero-order valence-electron chi connectivity index (χ0n) is 15.9. The van der Waals surface area contributed by atoms with Gasteiger partial charge in [-0.2, -0.15) is 0 Å². The Morgan fingerprint density at radius 2 is 1.60 bits per heavy atom. The number of anilines is 1. The molecule has 0 radical (unpaired) electrons. The Balaban J connectivity index is 1.60. The van der Waals surface area contributed by atoms with Crippen molar-refractivity contribution in [2.45, 2.75) is 6.92 Å². The van der Waals surface area contributed by atoms with Crippen molar-refractivity contribution in [3.8, 4) is 5.75 Å². The molecule has 0 atom stereocenters. The average Bonchev–Trinajstić information content (AvgIpc) is 2.74. The Morgan fingerprint density at radius 1 is 1.00 bits per heavy atom. The van der Waals surface area contributed by atoms with Crippen LogP contribution in [0.2, 0.25) is 0 Å². The van der Waals surface area contributed by atoms with Crippen molar-refractivity contribution in [2.75, 3.05) is 11.9 Å². The van der Waals surface area contributed by atoms with E-state index in [9.17, 15) is 24.1 Å². The Kier molecular flexibility index (Phi) is 6.17. The molecule has 3 aromatic carbocycles. The number of hydrogen-bond acceptors (Lipinski definition) is 5. The minimum absolute atomic E-state index is 0.0828. The number of carbonyl (C=O) groups excluding carboxylic acids is 2. The molecular formula is C22H17FN2O5. The molecule has 152 valence electrons. The number of rotatable bonds is 7. The lowest BCUT2D eigenvalue weighted by Crippen LogP contribution is -2.20. The number of nitro groups is 1. The molecule has 0 spiro atoms. The third-order valence-electron chi connectivity index (χ3n) is 4.22. The van der Waals surface area contributed by atoms with Gasteiger partial charge in [-0.15, -0.1) is 0 Å². The number of nitro benzene ring substituents is 1. The second kappa shape index (κ2) is 8.95. The molecule has 0 bridgehead atoms. The molecule has 1 N–H and O–H groups in total. The first-order chi connectivity index (χ1) is 14.3. The van der Waals surface area contributed by atoms with E-state index in [1.165, 1.54) is 60.7 Å². The van der Waals surface area contributed by atoms with E-state index in [0.717, 1.165) is 0 Å². The SMILES string of the molecule is Cc1ccc(NC(=O)COc2ccc(C(=O)c3ccc(F)cc3)cc2)c([N+](=O)[O-])c1. The highest BCUT2D eigenvalue weighted by molar-refractivity contribution is 6.09. The van der Waals surface area contributed by atoms with Crippen molar-refractivity contribution in [3.05, 3.63) is 99.4 Å². The molecule has 0 saturated carbocycles. The molecule has 8 heteroatoms. The summed E-state index contributed by atoms with van der Waals surface area (Å²) >= 11 is 0. The summed E-state index contributed by atoms with van der Waals surface area (Å²) in [5.74, 6) is -0.914. The first kappa shape index (κ1) is 20.7. The number of ether oxygens (including phenoxy) is 1. The maximum absolute atomic E-state index is 13.0. The van der Waals surface area contributed by atoms with Crippen LogP contribution in [-0.4, -0.2) is 23.2 Å². The number of halogens is 1. The average molecular weight is 408 g/mol. The Labute approximate surface area is 171 Å². The maximum atomic E-state index is 13.0. The minimum atomic E-state index is -0.569. The predicted octanol–water partition coefficient (Wildman–Crippen LogP) is 4.29. The monoisotopic (exact) mass is 408 g/mol. The first-order valence-corrected chi connectivity index (χ1v) is 8.91. The lowest BCUT2D eigenvalue weighted by molar-refractivity contribution is -0.384. The molecule has 0 aliphatic carbocycles. The van der Waals surface area contributed by atoms with Crippen molar-refractivity contribution in [3.63, 3.8) is 0 Å². The van der Waals surface area contributed by atoms with E-state index in [2.05, 4.69) is 5.32 Å². The molecule has 0 aliphatic heterocycles. The van der Waals surface area contributed by atoms with E-state index in [-0.39, 0.29) is 23.8 Å². The first-order valence-electron chi connectivity index (χ1n) is 8.91. The highest BCUT2D eigenvalue weighted by Gasteiger charge is 2.16. The smallest absolute Gasteiger partial charge is 0.293 e. The molecule has 0 fully saturated rings. The molecule has 0 heterocycles. The zero-order valence-corrected chi connectivity index (χ0v) is 15.9. The van der Waals surface area contributed by atoms with Crippen LogP contribution < -0.4 is 10.1 Å². The molecule has 0 aliphatic rings. The number of nitrogens with one attached hydrogen (secondary N) is 1. The van der Waals surface area contributed by atoms with Gasteiger partial charge in [-0.05, 0) is 67.1 Å². The van der Waals surface area contributed by atoms with Crippen molar-refractivity contribution in [1.82, 2.24) is 0 Å². The number of benzene rings is 3. The fourth-order valence-corrected chi connectivity index (χ4v) is 2.70. The second-order valence-corrected chi connectivity index (χ2v) is 6.47. The quantitative estimate of drug-likeness (QED) is 0.357. The molecule has 3 rings (SSSR count). The van der Waals surface area contributed by atoms with Crippen LogP contribution in [0.25, 0.3) is 0 Å². The van der Waals surface area contributed by atoms with Crippen LogP contribution >= 0.6 is 0 Å². The third kappa shape index (κ3) is 5.05. The second-order valence-electron chi connectivity index (χ2n) is 6.47. The highest BCUT2D eigenvalue weighted by Crippen LogP contribution is 2.25. The summed E-state index contributed by atoms with van der Waals surface area (Å²) in [6.45, 7) is 1.35. The maximum Gasteiger partial charge on any atom is 0.293 e. The third-order valence-corrected chi connectivity index (χ3v) is 4.22. The summed E-state index contributed by atoms with van der Waals surface area (Å²) in [4.78, 5) is 35.0. The molecule has 0 aromatic heterocycles. The van der Waals surface area contributed by atoms with Crippen molar-refractivity contribution >= 4 is 23.1 Å². The largest absolute Gasteiger partial charge is 0.484 e. The van der Waals surface area contributed by atoms with Gasteiger partial charge in [0.05, 0.1) is 4.92 Å². The van der Waals surface area contributed by atoms with E-state index < -0.39 is 16.6 Å². The van der Waals surface area contributed by atoms with Gasteiger partial charge in [0.1, 0.15) is 17.3 Å². The number of hydrogen-bond donors (Lipinski definition) is 1. The van der Waals surface area contributed by atoms with Gasteiger partial charge in [0.2, 0.25) is 0 Å². The van der Waals surface area contributed by atoms with E-state index in [0.29, 0.717) is 22.4 Å². The van der Waals surface area contributed by atoms with Crippen LogP contribution in [-0.2, 0) is 4.79 Å². The van der Waals surface area contributed by atoms with Crippen molar-refractivity contribution in [2.24, 2.45) is 0 Å². The lowest BCUT2D eigenvalue weighted by Gasteiger charge is -2.09. The van der Waals surface area contributed by atoms with Gasteiger partial charge in [0.25, 0.3) is 11.6 Å². The van der Waals surface area contributed by atoms with Gasteiger partial charge in [0.15, 0.2) is 12.4 Å². The number of aryl methyl sites for hydroxylation is 1. The number of nitrogens with zero attached hydrogens (tertiary/aromatic N) is 1. The van der Waals surface area contributed by atoms with E-state index in [4.69, 9.17) is 4.74 Å². The summed E-state index contributed by atoms with van der Waals surface area (Å²) in [6.07, 6.45) is 0. The molecule has 3 aromatic rings. The standard InChI is InChI=1S/C22H17FN2O5/c1-14-2-11-19(20(12-14)25(28)29)24-21(26)13-30-18-9-5-16(6-10-18)22(27)15-3-7-17(23)8-4-15/h2-12H,13H2,1H3,(H,24,26). The Bertz CT molecular complexity index is 1100. The fourth-order valence-electron chi connectivity index (χ4n) is 2.70. The Hall–Kier alpha value is -4.07. The zero-order chi connectivity index (χ0) is 21.7. The van der Waals surface area contributed by atoms with Crippen LogP contribution in [0.4, 0.5) is 15.8 Å². The molecule has 0 saturated heterocycles. The fraction of sp³-hybridized carbons (Fsp3) is 0.0909. The van der Waals surface area contributed by atoms with Crippen LogP contribution in [0.5, 0.6) is 5.75 Å². The summed E-state index contributed by atoms with van der Waals surface area (Å²) in [7, 11) is 0. The van der Waals surface area contributed by atoms with Crippen LogP contribution in [0.3, 0.4) is 0 Å². The van der Waals surface area contributed by atoms with E-state index >= 15 is 0 Å². The van der Waals surface area contributed by atoms with Crippen LogP contribution in [0.15, 0.2) is 66.7 Å². The van der Waals surface area contributed by atoms with Gasteiger partial charge in [-0.3, -0.25) is 19.7 Å². The molecular weight excluding hydrogens is 391 g/mol. The number of ketones is 1. The van der Waals surface area contributed by atoms with Gasteiger partial charge in [0, 0.05) is 17.2 Å². The van der Waals surface area contributed by atoms with Crippen LogP contribution in [0, 0.1) is 22.9 Å². The van der Waals surface area contributed by atoms with E-state index in [1.54, 1.807) is 13.0 Å². The number of amides is 1. The van der Waals surface area contributed by atoms with Gasteiger partial charge in [-0.25, -0.2) is 4.39 Å². The molecule has 0 unspecified atom stereocenters. The van der Waals surface area contributed by atoms with Gasteiger partial charge >= 0.3 is 0 Å². The molecule has 1 amide bonds. The predicted molar refractivity (Wildman–Crippen MR) is 108 cm³/mol. The molecule has 7 nitrogen and oxygen atoms in total. The highest BCUT2D eigenvalue weighted by atomic mass is 19.1. The van der Waals surface area contributed by atoms with Gasteiger partial charge in [-0.1, -0.05) is 6.07 Å². The summed E-state index contributed by atoms with van der Waals surface area (Å²) in [5.41, 5.74) is 1.32. The Morgan fingerprint density at radius 3 is 2.20 bits per heavy atom. The van der Waals surface area contributed by atoms with Crippen molar-refractivity contribution in [1.29, 1.82) is 0 Å². The summed E-state index contributed by atoms with van der Waals surface area (Å²) < 4.78 is 18.4. The number of carbonyl (C=O) groups is 2. The van der Waals surface area contributed by atoms with Crippen molar-refractivity contribution < 1.29 is 23.6 Å². The van der Waals surface area contributed by atoms with E-state index in [1.807, 2.05) is 0 Å². The summed E-state index contributed by atoms with van der Waals surface area (Å²) in [6, 6.07) is 15.8. The normalized spacial score (nSPS) is 10.3. The van der Waals surface area contributed by atoms with Gasteiger partial charge < -0.3 is 10.1 Å². The lowest BCUT2D eigenvalue weighted by atomic mass is 10.0. The molecule has 30 heavy (non-hydrogen) atoms. The van der Waals surface area contributed by atoms with Crippen LogP contribution in [0.1, 0.15) is 21.5 Å². The summed E-state index contributed by atoms with van der Waals surface area (Å²) in [5, 5.41) is 13.6.